The van der Waals surface area contributed by atoms with Crippen molar-refractivity contribution in [2.75, 3.05) is 26.8 Å². The van der Waals surface area contributed by atoms with Crippen molar-refractivity contribution < 1.29 is 23.9 Å². The molecule has 0 bridgehead atoms. The average Bonchev–Trinajstić information content (AvgIpc) is 3.34. The number of halogens is 1. The number of hydrogen-bond acceptors (Lipinski definition) is 10. The van der Waals surface area contributed by atoms with E-state index in [1.807, 2.05) is 6.92 Å². The molecule has 1 amide bonds. The van der Waals surface area contributed by atoms with Gasteiger partial charge in [-0.2, -0.15) is 0 Å². The zero-order valence-electron chi connectivity index (χ0n) is 21.2. The summed E-state index contributed by atoms with van der Waals surface area (Å²) in [4.78, 5) is 37.9. The lowest BCUT2D eigenvalue weighted by Gasteiger charge is -2.35. The highest BCUT2D eigenvalue weighted by Gasteiger charge is 2.39. The molecule has 2 unspecified atom stereocenters. The molecular formula is C26H30FN7O4. The van der Waals surface area contributed by atoms with Gasteiger partial charge >= 0.3 is 0 Å². The van der Waals surface area contributed by atoms with Gasteiger partial charge in [-0.3, -0.25) is 20.1 Å². The van der Waals surface area contributed by atoms with E-state index >= 15 is 0 Å². The maximum absolute atomic E-state index is 14.4. The van der Waals surface area contributed by atoms with Crippen LogP contribution in [0.3, 0.4) is 0 Å². The number of nitrogens with two attached hydrogens (primary N) is 1. The SMILES string of the molecule is COc1cccc(-c2cc(F)ccc2C2C[C@H]3N=C(N)N=C(C)C3C(NOCC(=O)N3CC[C@@H](O)C3)=N2)n1. The Morgan fingerprint density at radius 3 is 2.89 bits per heavy atom. The maximum Gasteiger partial charge on any atom is 0.251 e. The number of hydroxylamine groups is 1. The largest absolute Gasteiger partial charge is 0.481 e. The summed E-state index contributed by atoms with van der Waals surface area (Å²) < 4.78 is 19.7. The van der Waals surface area contributed by atoms with E-state index in [4.69, 9.17) is 20.3 Å². The predicted octanol–water partition coefficient (Wildman–Crippen LogP) is 1.63. The van der Waals surface area contributed by atoms with E-state index in [0.717, 1.165) is 11.3 Å². The fourth-order valence-electron chi connectivity index (χ4n) is 5.14. The number of rotatable bonds is 6. The van der Waals surface area contributed by atoms with E-state index < -0.39 is 18.0 Å². The molecule has 200 valence electrons. The van der Waals surface area contributed by atoms with E-state index in [9.17, 15) is 14.3 Å². The number of pyridine rings is 1. The van der Waals surface area contributed by atoms with Crippen molar-refractivity contribution in [3.05, 3.63) is 47.8 Å². The first-order chi connectivity index (χ1) is 18.3. The lowest BCUT2D eigenvalue weighted by atomic mass is 9.82. The number of methoxy groups -OCH3 is 1. The molecule has 4 heterocycles. The van der Waals surface area contributed by atoms with Crippen LogP contribution in [0.4, 0.5) is 4.39 Å². The van der Waals surface area contributed by atoms with Gasteiger partial charge in [0.05, 0.1) is 36.9 Å². The average molecular weight is 524 g/mol. The number of aromatic nitrogens is 1. The van der Waals surface area contributed by atoms with Crippen LogP contribution in [0.5, 0.6) is 5.88 Å². The van der Waals surface area contributed by atoms with E-state index in [2.05, 4.69) is 20.4 Å². The number of aliphatic hydroxyl groups excluding tert-OH is 1. The molecule has 5 rings (SSSR count). The molecule has 3 aliphatic heterocycles. The number of carbonyl (C=O) groups is 1. The number of amidine groups is 1. The third-order valence-corrected chi connectivity index (χ3v) is 6.95. The molecule has 1 saturated heterocycles. The van der Waals surface area contributed by atoms with Gasteiger partial charge in [-0.05, 0) is 43.5 Å². The molecule has 12 heteroatoms. The fraction of sp³-hybridized carbons (Fsp3) is 0.423. The molecule has 11 nitrogen and oxygen atoms in total. The first-order valence-electron chi connectivity index (χ1n) is 12.4. The molecule has 1 aromatic carbocycles. The number of aliphatic imine (C=N–C) groups is 3. The summed E-state index contributed by atoms with van der Waals surface area (Å²) in [6.07, 6.45) is 0.537. The zero-order chi connectivity index (χ0) is 26.8. The quantitative estimate of drug-likeness (QED) is 0.488. The highest BCUT2D eigenvalue weighted by atomic mass is 19.1. The maximum atomic E-state index is 14.4. The van der Waals surface area contributed by atoms with E-state index in [0.29, 0.717) is 48.9 Å². The number of hydrogen-bond donors (Lipinski definition) is 3. The standard InChI is InChI=1S/C26H30FN7O4/c1-14-24-21(32-26(28)29-14)11-20(31-25(24)33-38-13-23(36)34-9-8-16(35)12-34)17-7-6-15(27)10-18(17)19-4-3-5-22(30-19)37-2/h3-7,10,16,20-21,24,35H,8-9,11-13H2,1-2H3,(H2,28,32)(H,31,33)/t16-,20?,21-,24?/m1/s1. The van der Waals surface area contributed by atoms with E-state index in [1.54, 1.807) is 29.2 Å². The molecular weight excluding hydrogens is 493 g/mol. The van der Waals surface area contributed by atoms with Crippen LogP contribution in [0.1, 0.15) is 31.4 Å². The van der Waals surface area contributed by atoms with Gasteiger partial charge in [0.1, 0.15) is 11.7 Å². The van der Waals surface area contributed by atoms with Gasteiger partial charge in [-0.25, -0.2) is 19.4 Å². The Morgan fingerprint density at radius 2 is 2.13 bits per heavy atom. The molecule has 0 aliphatic carbocycles. The van der Waals surface area contributed by atoms with Crippen LogP contribution >= 0.6 is 0 Å². The number of amides is 1. The number of nitrogens with zero attached hydrogens (tertiary/aromatic N) is 5. The van der Waals surface area contributed by atoms with Crippen LogP contribution in [0.25, 0.3) is 11.3 Å². The molecule has 1 aromatic heterocycles. The number of nitrogens with one attached hydrogen (secondary N) is 1. The molecule has 2 aromatic rings. The number of fused-ring (bicyclic) bond motifs is 1. The molecule has 3 aliphatic rings. The normalized spacial score (nSPS) is 24.7. The molecule has 0 saturated carbocycles. The van der Waals surface area contributed by atoms with Crippen molar-refractivity contribution in [3.63, 3.8) is 0 Å². The van der Waals surface area contributed by atoms with Gasteiger partial charge in [-0.1, -0.05) is 12.1 Å². The number of carbonyl (C=O) groups excluding carboxylic acids is 1. The Labute approximate surface area is 219 Å². The minimum absolute atomic E-state index is 0.182. The zero-order valence-corrected chi connectivity index (χ0v) is 21.2. The second-order valence-electron chi connectivity index (χ2n) is 9.52. The Balaban J connectivity index is 1.45. The highest BCUT2D eigenvalue weighted by molar-refractivity contribution is 6.11. The summed E-state index contributed by atoms with van der Waals surface area (Å²) in [5.41, 5.74) is 11.4. The predicted molar refractivity (Wildman–Crippen MR) is 139 cm³/mol. The fourth-order valence-corrected chi connectivity index (χ4v) is 5.14. The van der Waals surface area contributed by atoms with Crippen LogP contribution in [-0.2, 0) is 9.63 Å². The molecule has 4 atom stereocenters. The summed E-state index contributed by atoms with van der Waals surface area (Å²) in [6, 6.07) is 9.08. The smallest absolute Gasteiger partial charge is 0.251 e. The lowest BCUT2D eigenvalue weighted by Crippen LogP contribution is -2.48. The second-order valence-corrected chi connectivity index (χ2v) is 9.52. The molecule has 0 radical (unpaired) electrons. The monoisotopic (exact) mass is 523 g/mol. The van der Waals surface area contributed by atoms with Gasteiger partial charge in [0.2, 0.25) is 11.8 Å². The Morgan fingerprint density at radius 1 is 1.29 bits per heavy atom. The minimum Gasteiger partial charge on any atom is -0.481 e. The van der Waals surface area contributed by atoms with Crippen LogP contribution < -0.4 is 16.0 Å². The van der Waals surface area contributed by atoms with Crippen molar-refractivity contribution in [2.24, 2.45) is 26.6 Å². The number of ether oxygens (including phenoxy) is 1. The summed E-state index contributed by atoms with van der Waals surface area (Å²) in [5.74, 6) is 0.0857. The summed E-state index contributed by atoms with van der Waals surface area (Å²) in [5, 5.41) is 9.71. The van der Waals surface area contributed by atoms with Gasteiger partial charge in [0, 0.05) is 30.4 Å². The minimum atomic E-state index is -0.510. The molecule has 4 N–H and O–H groups in total. The number of likely N-dealkylation sites (tertiary alicyclic amines) is 1. The van der Waals surface area contributed by atoms with Gasteiger partial charge in [-0.15, -0.1) is 0 Å². The lowest BCUT2D eigenvalue weighted by molar-refractivity contribution is -0.136. The Kier molecular flexibility index (Phi) is 7.34. The van der Waals surface area contributed by atoms with E-state index in [-0.39, 0.29) is 30.4 Å². The van der Waals surface area contributed by atoms with Crippen molar-refractivity contribution in [1.29, 1.82) is 0 Å². The van der Waals surface area contributed by atoms with Crippen molar-refractivity contribution in [3.8, 4) is 17.1 Å². The molecule has 1 fully saturated rings. The number of aliphatic hydroxyl groups is 1. The van der Waals surface area contributed by atoms with Crippen LogP contribution in [-0.4, -0.2) is 77.4 Å². The summed E-state index contributed by atoms with van der Waals surface area (Å²) in [7, 11) is 1.52. The second kappa shape index (κ2) is 10.8. The van der Waals surface area contributed by atoms with Gasteiger partial charge in [0.25, 0.3) is 5.91 Å². The van der Waals surface area contributed by atoms with Crippen molar-refractivity contribution >= 4 is 23.4 Å². The summed E-state index contributed by atoms with van der Waals surface area (Å²) in [6.45, 7) is 2.39. The van der Waals surface area contributed by atoms with Gasteiger partial charge < -0.3 is 20.5 Å². The third kappa shape index (κ3) is 5.36. The Hall–Kier alpha value is -3.90. The van der Waals surface area contributed by atoms with E-state index in [1.165, 1.54) is 19.2 Å². The Bertz CT molecular complexity index is 1310. The van der Waals surface area contributed by atoms with Gasteiger partial charge in [0.15, 0.2) is 6.61 Å². The van der Waals surface area contributed by atoms with Crippen LogP contribution in [0.15, 0.2) is 51.4 Å². The first kappa shape index (κ1) is 25.7. The highest BCUT2D eigenvalue weighted by Crippen LogP contribution is 2.39. The number of β-amino-alcohol motifs (C(OH)–C–C–N with tert-alkyl or cyclic N) is 1. The van der Waals surface area contributed by atoms with Crippen LogP contribution in [0.2, 0.25) is 0 Å². The number of guanidine groups is 1. The first-order valence-corrected chi connectivity index (χ1v) is 12.4. The third-order valence-electron chi connectivity index (χ3n) is 6.95. The van der Waals surface area contributed by atoms with Crippen molar-refractivity contribution in [2.45, 2.75) is 38.0 Å². The van der Waals surface area contributed by atoms with Crippen molar-refractivity contribution in [1.82, 2.24) is 15.4 Å². The topological polar surface area (TPSA) is 147 Å². The molecule has 0 spiro atoms. The van der Waals surface area contributed by atoms with Crippen LogP contribution in [0, 0.1) is 11.7 Å². The number of benzene rings is 1. The summed E-state index contributed by atoms with van der Waals surface area (Å²) >= 11 is 0. The molecule has 38 heavy (non-hydrogen) atoms.